The summed E-state index contributed by atoms with van der Waals surface area (Å²) < 4.78 is 32.3. The molecule has 0 aliphatic heterocycles. The molecule has 4 atom stereocenters. The van der Waals surface area contributed by atoms with Crippen molar-refractivity contribution in [2.24, 2.45) is 17.8 Å². The summed E-state index contributed by atoms with van der Waals surface area (Å²) in [6.45, 7) is 7.71. The fourth-order valence-corrected chi connectivity index (χ4v) is 5.49. The van der Waals surface area contributed by atoms with Crippen molar-refractivity contribution in [3.8, 4) is 0 Å². The van der Waals surface area contributed by atoms with Crippen LogP contribution in [0.2, 0.25) is 0 Å². The Balaban J connectivity index is -0.00000392. The molecule has 0 rings (SSSR count). The van der Waals surface area contributed by atoms with Gasteiger partial charge in [-0.05, 0) is 37.0 Å². The third-order valence-electron chi connectivity index (χ3n) is 6.17. The molecule has 0 aliphatic rings. The zero-order valence-electron chi connectivity index (χ0n) is 20.3. The molecule has 0 spiro atoms. The van der Waals surface area contributed by atoms with Gasteiger partial charge in [-0.25, -0.2) is 0 Å². The van der Waals surface area contributed by atoms with Gasteiger partial charge in [-0.2, -0.15) is 8.42 Å². The molecule has 0 aliphatic carbocycles. The summed E-state index contributed by atoms with van der Waals surface area (Å²) in [4.78, 5) is 23.7. The Bertz CT molecular complexity index is 613. The fraction of sp³-hybridized carbons (Fsp3) is 0.905. The van der Waals surface area contributed by atoms with Crippen molar-refractivity contribution in [2.75, 3.05) is 0 Å². The Labute approximate surface area is 212 Å². The van der Waals surface area contributed by atoms with Gasteiger partial charge < -0.3 is 19.8 Å². The number of carbonyl (C=O) groups is 2. The van der Waals surface area contributed by atoms with E-state index < -0.39 is 39.1 Å². The van der Waals surface area contributed by atoms with Gasteiger partial charge in [0, 0.05) is 5.97 Å². The maximum Gasteiger partial charge on any atom is 1.00 e. The predicted molar refractivity (Wildman–Crippen MR) is 108 cm³/mol. The van der Waals surface area contributed by atoms with Gasteiger partial charge in [-0.1, -0.05) is 79.1 Å². The summed E-state index contributed by atoms with van der Waals surface area (Å²) >= 11 is 0. The van der Waals surface area contributed by atoms with Crippen LogP contribution in [0.25, 0.3) is 0 Å². The molecule has 10 heteroatoms. The molecular weight excluding hydrogens is 410 g/mol. The van der Waals surface area contributed by atoms with E-state index in [1.54, 1.807) is 0 Å². The largest absolute Gasteiger partial charge is 1.00 e. The predicted octanol–water partition coefficient (Wildman–Crippen LogP) is -3.66. The number of carbonyl (C=O) groups excluding carboxylic acids is 2. The van der Waals surface area contributed by atoms with Crippen molar-refractivity contribution in [1.29, 1.82) is 0 Å². The summed E-state index contributed by atoms with van der Waals surface area (Å²) in [6.07, 6.45) is 4.91. The number of hydrogen-bond acceptors (Lipinski definition) is 6. The van der Waals surface area contributed by atoms with Crippen LogP contribution in [0.4, 0.5) is 0 Å². The number of unbranched alkanes of at least 4 members (excludes halogenated alkanes) is 2. The van der Waals surface area contributed by atoms with E-state index >= 15 is 0 Å². The van der Waals surface area contributed by atoms with Crippen LogP contribution in [-0.4, -0.2) is 29.7 Å². The van der Waals surface area contributed by atoms with Crippen LogP contribution in [0.1, 0.15) is 98.3 Å². The molecule has 0 heterocycles. The Hall–Kier alpha value is 0.0448. The van der Waals surface area contributed by atoms with Crippen LogP contribution in [0.5, 0.6) is 0 Å². The number of carboxylic acids is 2. The van der Waals surface area contributed by atoms with Crippen LogP contribution < -0.4 is 47.9 Å². The Morgan fingerprint density at radius 1 is 0.903 bits per heavy atom. The average molecular weight is 448 g/mol. The first-order chi connectivity index (χ1) is 13.5. The summed E-state index contributed by atoms with van der Waals surface area (Å²) in [5, 5.41) is 23.7. The van der Waals surface area contributed by atoms with E-state index in [9.17, 15) is 32.8 Å². The molecule has 0 bridgehead atoms. The van der Waals surface area contributed by atoms with Crippen molar-refractivity contribution in [3.05, 3.63) is 0 Å². The summed E-state index contributed by atoms with van der Waals surface area (Å²) in [5.41, 5.74) is 0. The molecular formula is C21H38Li2O7S. The van der Waals surface area contributed by atoms with Crippen LogP contribution in [-0.2, 0) is 19.7 Å². The molecule has 31 heavy (non-hydrogen) atoms. The Morgan fingerprint density at radius 3 is 1.68 bits per heavy atom. The maximum atomic E-state index is 12.4. The van der Waals surface area contributed by atoms with E-state index in [1.165, 1.54) is 0 Å². The fourth-order valence-electron chi connectivity index (χ4n) is 4.23. The van der Waals surface area contributed by atoms with Gasteiger partial charge in [0.1, 0.15) is 4.75 Å². The first kappa shape index (κ1) is 35.6. The Kier molecular flexibility index (Phi) is 20.1. The normalized spacial score (nSPS) is 16.2. The van der Waals surface area contributed by atoms with E-state index in [0.29, 0.717) is 19.3 Å². The summed E-state index contributed by atoms with van der Waals surface area (Å²) in [5.74, 6) is -5.10. The molecule has 0 saturated heterocycles. The molecule has 7 nitrogen and oxygen atoms in total. The maximum absolute atomic E-state index is 12.4. The second-order valence-corrected chi connectivity index (χ2v) is 9.88. The van der Waals surface area contributed by atoms with Crippen molar-refractivity contribution in [3.63, 3.8) is 0 Å². The molecule has 0 aromatic carbocycles. The van der Waals surface area contributed by atoms with Gasteiger partial charge in [-0.3, -0.25) is 4.55 Å². The molecule has 172 valence electrons. The van der Waals surface area contributed by atoms with Gasteiger partial charge in [-0.15, -0.1) is 0 Å². The third-order valence-corrected chi connectivity index (χ3v) is 7.76. The first-order valence-corrected chi connectivity index (χ1v) is 12.3. The first-order valence-electron chi connectivity index (χ1n) is 10.9. The van der Waals surface area contributed by atoms with E-state index in [0.717, 1.165) is 32.1 Å². The van der Waals surface area contributed by atoms with E-state index in [2.05, 4.69) is 0 Å². The van der Waals surface area contributed by atoms with E-state index in [1.807, 2.05) is 27.7 Å². The number of carboxylic acid groups (broad SMARTS) is 2. The van der Waals surface area contributed by atoms with Gasteiger partial charge in [0.05, 0.1) is 5.97 Å². The second kappa shape index (κ2) is 17.5. The molecule has 0 aromatic rings. The molecule has 0 saturated carbocycles. The standard InChI is InChI=1S/C21H40O7S.2Li/c1-5-9-11-16(7-3)13-18(14-19(22)23)21(20(24)25,29(26,27)28)15-17(8-4)12-10-6-2;;/h16-18H,5-15H2,1-4H3,(H,22,23)(H,24,25)(H,26,27,28);;/q;2*+1/p-2. The average Bonchev–Trinajstić information content (AvgIpc) is 2.62. The van der Waals surface area contributed by atoms with Crippen LogP contribution in [0.3, 0.4) is 0 Å². The van der Waals surface area contributed by atoms with E-state index in [-0.39, 0.29) is 62.4 Å². The minimum absolute atomic E-state index is 0. The van der Waals surface area contributed by atoms with Gasteiger partial charge in [0.25, 0.3) is 10.1 Å². The van der Waals surface area contributed by atoms with Crippen molar-refractivity contribution in [1.82, 2.24) is 0 Å². The second-order valence-electron chi connectivity index (χ2n) is 8.20. The van der Waals surface area contributed by atoms with Crippen molar-refractivity contribution < 1.29 is 70.5 Å². The third kappa shape index (κ3) is 11.1. The number of hydrogen-bond donors (Lipinski definition) is 1. The van der Waals surface area contributed by atoms with Crippen LogP contribution >= 0.6 is 0 Å². The van der Waals surface area contributed by atoms with Gasteiger partial charge in [0.15, 0.2) is 0 Å². The molecule has 0 amide bonds. The SMILES string of the molecule is CCCCC(CC)CC(CC(=O)[O-])C(CC(CC)CCCC)(C(=O)[O-])S(=O)(=O)O.[Li+].[Li+]. The van der Waals surface area contributed by atoms with Crippen LogP contribution in [0, 0.1) is 17.8 Å². The number of rotatable bonds is 17. The topological polar surface area (TPSA) is 135 Å². The molecule has 1 N–H and O–H groups in total. The van der Waals surface area contributed by atoms with Gasteiger partial charge in [0.2, 0.25) is 0 Å². The zero-order valence-corrected chi connectivity index (χ0v) is 21.1. The van der Waals surface area contributed by atoms with Crippen molar-refractivity contribution in [2.45, 2.75) is 103 Å². The molecule has 0 radical (unpaired) electrons. The monoisotopic (exact) mass is 448 g/mol. The summed E-state index contributed by atoms with van der Waals surface area (Å²) in [7, 11) is -5.13. The minimum Gasteiger partial charge on any atom is -0.550 e. The smallest absolute Gasteiger partial charge is 0.550 e. The van der Waals surface area contributed by atoms with Crippen molar-refractivity contribution >= 4 is 22.1 Å². The minimum atomic E-state index is -5.13. The number of aliphatic carboxylic acids is 2. The summed E-state index contributed by atoms with van der Waals surface area (Å²) in [6, 6.07) is 0. The molecule has 0 fully saturated rings. The quantitative estimate of drug-likeness (QED) is 0.179. The Morgan fingerprint density at radius 2 is 1.35 bits per heavy atom. The zero-order chi connectivity index (χ0) is 22.7. The molecule has 4 unspecified atom stereocenters. The van der Waals surface area contributed by atoms with Crippen LogP contribution in [0.15, 0.2) is 0 Å². The molecule has 0 aromatic heterocycles. The van der Waals surface area contributed by atoms with E-state index in [4.69, 9.17) is 0 Å². The van der Waals surface area contributed by atoms with Gasteiger partial charge >= 0.3 is 37.7 Å².